The van der Waals surface area contributed by atoms with Gasteiger partial charge in [0.1, 0.15) is 58.4 Å². The number of ether oxygens (including phenoxy) is 2. The molecule has 0 unspecified atom stereocenters. The van der Waals surface area contributed by atoms with Crippen LogP contribution in [-0.2, 0) is 73.8 Å². The minimum atomic E-state index is -3.41. The molecule has 0 spiro atoms. The Morgan fingerprint density at radius 2 is 0.806 bits per heavy atom. The van der Waals surface area contributed by atoms with Gasteiger partial charge in [-0.1, -0.05) is 41.5 Å². The predicted octanol–water partition coefficient (Wildman–Crippen LogP) is 15.9. The van der Waals surface area contributed by atoms with Crippen LogP contribution in [0.1, 0.15) is 186 Å². The maximum Gasteiger partial charge on any atom is 0.410 e. The van der Waals surface area contributed by atoms with E-state index in [2.05, 4.69) is 25.9 Å². The molecule has 12 rings (SSSR count). The quantitative estimate of drug-likeness (QED) is 0.0245. The van der Waals surface area contributed by atoms with E-state index in [1.807, 2.05) is 6.92 Å². The fourth-order valence-electron chi connectivity index (χ4n) is 17.9. The summed E-state index contributed by atoms with van der Waals surface area (Å²) >= 11 is 0. The molecule has 4 aromatic carbocycles. The number of alkyl halides is 8. The third-order valence-electron chi connectivity index (χ3n) is 25.9. The number of likely N-dealkylation sites (N-methyl/N-ethyl adjacent to an activating group) is 3. The highest BCUT2D eigenvalue weighted by molar-refractivity contribution is 5.97. The zero-order valence-corrected chi connectivity index (χ0v) is 78.7. The summed E-state index contributed by atoms with van der Waals surface area (Å²) in [6.07, 6.45) is -4.63. The highest BCUT2D eigenvalue weighted by Crippen LogP contribution is 2.45. The van der Waals surface area contributed by atoms with Gasteiger partial charge in [-0.3, -0.25) is 43.3 Å². The van der Waals surface area contributed by atoms with Crippen LogP contribution >= 0.6 is 0 Å². The number of rotatable bonds is 32. The minimum Gasteiger partial charge on any atom is -0.444 e. The van der Waals surface area contributed by atoms with Crippen molar-refractivity contribution in [1.29, 1.82) is 0 Å². The van der Waals surface area contributed by atoms with Crippen molar-refractivity contribution in [2.45, 2.75) is 290 Å². The summed E-state index contributed by atoms with van der Waals surface area (Å²) in [5, 5.41) is 8.93. The summed E-state index contributed by atoms with van der Waals surface area (Å²) in [6, 6.07) is 5.23. The lowest BCUT2D eigenvalue weighted by Gasteiger charge is -2.31. The molecule has 0 radical (unpaired) electrons. The zero-order valence-electron chi connectivity index (χ0n) is 78.7. The highest BCUT2D eigenvalue weighted by Gasteiger charge is 2.54. The summed E-state index contributed by atoms with van der Waals surface area (Å²) < 4.78 is 197. The topological polar surface area (TPSA) is 312 Å². The van der Waals surface area contributed by atoms with E-state index in [-0.39, 0.29) is 132 Å². The Morgan fingerprint density at radius 3 is 1.16 bits per heavy atom. The molecule has 0 bridgehead atoms. The first-order valence-electron chi connectivity index (χ1n) is 45.4. The third-order valence-corrected chi connectivity index (χ3v) is 25.9. The van der Waals surface area contributed by atoms with Crippen LogP contribution in [0.4, 0.5) is 62.3 Å². The van der Waals surface area contributed by atoms with Crippen molar-refractivity contribution in [3.63, 3.8) is 0 Å². The zero-order chi connectivity index (χ0) is 99.0. The van der Waals surface area contributed by atoms with E-state index in [1.165, 1.54) is 81.0 Å². The fraction of sp³-hybridized carbons (Fsp3) is 0.579. The Hall–Kier alpha value is -11.3. The molecule has 732 valence electrons. The van der Waals surface area contributed by atoms with Crippen LogP contribution in [0.25, 0.3) is 66.9 Å². The van der Waals surface area contributed by atoms with Crippen LogP contribution in [0.5, 0.6) is 0 Å². The number of carbonyl (C=O) groups excluding carboxylic acids is 10. The van der Waals surface area contributed by atoms with Gasteiger partial charge in [0, 0.05) is 129 Å². The second kappa shape index (κ2) is 40.7. The molecular formula is C95H121F12N15O12. The molecule has 134 heavy (non-hydrogen) atoms. The number of Topliss-reactive ketones (excluding diaryl/α,β-unsaturated/α-hetero) is 2. The summed E-state index contributed by atoms with van der Waals surface area (Å²) in [7, 11) is 4.33. The van der Waals surface area contributed by atoms with E-state index in [1.54, 1.807) is 94.7 Å². The number of aromatic amines is 2. The first kappa shape index (κ1) is 103. The molecule has 4 aliphatic rings. The predicted molar refractivity (Wildman–Crippen MR) is 478 cm³/mol. The number of H-pyrrole nitrogens is 2. The number of aromatic nitrogens is 6. The van der Waals surface area contributed by atoms with Crippen molar-refractivity contribution in [3.8, 4) is 23.0 Å². The van der Waals surface area contributed by atoms with Crippen LogP contribution in [0.2, 0.25) is 0 Å². The molecule has 12 atom stereocenters. The molecule has 8 amide bonds. The number of hydrogen-bond donors (Lipinski definition) is 5. The number of fused-ring (bicyclic) bond motifs is 4. The van der Waals surface area contributed by atoms with Crippen molar-refractivity contribution in [2.24, 2.45) is 17.8 Å². The van der Waals surface area contributed by atoms with E-state index >= 15 is 35.1 Å². The monoisotopic (exact) mass is 1890 g/mol. The van der Waals surface area contributed by atoms with Crippen LogP contribution < -0.4 is 16.0 Å². The average Bonchev–Trinajstić information content (AvgIpc) is 1.59. The van der Waals surface area contributed by atoms with Gasteiger partial charge in [0.05, 0.1) is 83.8 Å². The standard InChI is InChI=1S/C52H68F6N8O8.C43H53F6N7O4/c1-13-30(19-41(67)28(3)62(11)47(71)73-49(5,6)7)45(69)65-26-51(55,56)23-33(65)22-36-35-17-15-31(53)20-38(35)59-42(36)43-60-39-21-32(54)16-18-40(39)64(43)25-34-24-52(57,58)27-66(34)46(70)37(14-2)61-44(68)29(4)63(12)48(72)74-50(8,9)10;1-7-23(4)39(58)53-32(9-3)41(60)56-22-43(48,49)19-29(56)20-54-35-13-11-27(45)16-34(35)52-38(54)37-31(30-12-10-26(44)15-33(30)51-37)17-28-18-42(46,47)21-55(28)40(59)25(8-2)14-36(57)24(5)50-6/h15-18,20-21,28-30,33-34,37,59H,13-14,19,22-27H2,1-12H3,(H,61,68);10-13,15-16,23-25,28-29,32,50-51H,7-9,14,17-22H2,1-6H3,(H,53,58)/t28-,29-,30+,33+,34-,37-;23-,24+,25-,28-,29+,32+/m01/s1. The SMILES string of the molecule is CC[C@H](CC(=O)[C@H](C)N(C)C(=O)OC(C)(C)C)C(=O)N1CC(F)(F)C[C@H]1Cc1c(-c2nc3cc(F)ccc3n2C[C@@H]2CC(F)(F)CN2C(=O)[C@H](CC)NC(=O)[C@H](C)N(C)C(=O)OC(C)(C)C)[nH]c2cc(F)ccc12.CC[C@H](CC(=O)[C@H](C)NC)C(=O)N1CC(F)(F)C[C@H]1Cc1c(-c2nc3cc(F)ccc3n2C[C@@H]2CC(F)(F)CN2C(=O)[C@H](CC)NC(=O)[C@H](C)CC)[nH]c2cc(F)ccc12. The van der Waals surface area contributed by atoms with Crippen LogP contribution in [0.15, 0.2) is 72.8 Å². The number of likely N-dealkylation sites (tertiary alicyclic amines) is 4. The van der Waals surface area contributed by atoms with Gasteiger partial charge < -0.3 is 69.0 Å². The molecule has 39 heteroatoms. The van der Waals surface area contributed by atoms with Gasteiger partial charge in [-0.15, -0.1) is 0 Å². The highest BCUT2D eigenvalue weighted by atomic mass is 19.3. The van der Waals surface area contributed by atoms with Crippen LogP contribution in [0.3, 0.4) is 0 Å². The lowest BCUT2D eigenvalue weighted by molar-refractivity contribution is -0.140. The Labute approximate surface area is 769 Å². The van der Waals surface area contributed by atoms with Crippen molar-refractivity contribution in [2.75, 3.05) is 47.3 Å². The van der Waals surface area contributed by atoms with Gasteiger partial charge in [-0.25, -0.2) is 72.2 Å². The number of halogens is 12. The molecule has 8 aromatic rings. The maximum absolute atomic E-state index is 15.7. The van der Waals surface area contributed by atoms with Gasteiger partial charge in [0.15, 0.2) is 17.4 Å². The number of imidazole rings is 2. The summed E-state index contributed by atoms with van der Waals surface area (Å²) in [4.78, 5) is 157. The Kier molecular flexibility index (Phi) is 31.4. The Balaban J connectivity index is 0.000000263. The molecule has 4 aromatic heterocycles. The molecule has 27 nitrogen and oxygen atoms in total. The van der Waals surface area contributed by atoms with Gasteiger partial charge in [0.25, 0.3) is 23.7 Å². The smallest absolute Gasteiger partial charge is 0.410 e. The van der Waals surface area contributed by atoms with E-state index in [4.69, 9.17) is 19.4 Å². The van der Waals surface area contributed by atoms with E-state index in [0.29, 0.717) is 28.3 Å². The molecule has 4 aliphatic heterocycles. The number of amides is 8. The number of nitrogens with one attached hydrogen (secondary N) is 5. The van der Waals surface area contributed by atoms with E-state index in [0.717, 1.165) is 53.7 Å². The normalized spacial score (nSPS) is 19.9. The maximum atomic E-state index is 15.7. The van der Waals surface area contributed by atoms with E-state index < -0.39 is 230 Å². The Morgan fingerprint density at radius 1 is 0.463 bits per heavy atom. The molecule has 4 saturated heterocycles. The molecule has 8 heterocycles. The van der Waals surface area contributed by atoms with Crippen molar-refractivity contribution in [3.05, 3.63) is 107 Å². The van der Waals surface area contributed by atoms with Gasteiger partial charge in [-0.05, 0) is 186 Å². The lowest BCUT2D eigenvalue weighted by Crippen LogP contribution is -2.55. The third kappa shape index (κ3) is 23.6. The molecular weight excluding hydrogens is 1770 g/mol. The lowest BCUT2D eigenvalue weighted by atomic mass is 9.93. The van der Waals surface area contributed by atoms with Gasteiger partial charge in [-0.2, -0.15) is 0 Å². The minimum absolute atomic E-state index is 0.00179. The van der Waals surface area contributed by atoms with Crippen molar-refractivity contribution < 1.29 is 110 Å². The Bertz CT molecular complexity index is 5380. The molecule has 0 aliphatic carbocycles. The van der Waals surface area contributed by atoms with Gasteiger partial charge >= 0.3 is 12.2 Å². The summed E-state index contributed by atoms with van der Waals surface area (Å²) in [5.74, 6) is -22.9. The first-order chi connectivity index (χ1) is 62.5. The van der Waals surface area contributed by atoms with Gasteiger partial charge in [0.2, 0.25) is 35.4 Å². The number of hydrogen-bond acceptors (Lipinski definition) is 15. The fourth-order valence-corrected chi connectivity index (χ4v) is 17.9. The van der Waals surface area contributed by atoms with E-state index in [9.17, 15) is 65.5 Å². The first-order valence-corrected chi connectivity index (χ1v) is 45.4. The van der Waals surface area contributed by atoms with Crippen LogP contribution in [0, 0.1) is 41.0 Å². The second-order valence-corrected chi connectivity index (χ2v) is 38.2. The number of nitrogens with zero attached hydrogens (tertiary/aromatic N) is 10. The molecule has 0 saturated carbocycles. The second-order valence-electron chi connectivity index (χ2n) is 38.2. The molecule has 5 N–H and O–H groups in total. The number of carbonyl (C=O) groups is 10. The number of ketones is 2. The summed E-state index contributed by atoms with van der Waals surface area (Å²) in [5.41, 5.74) is 0.473. The van der Waals surface area contributed by atoms with Crippen molar-refractivity contribution in [1.82, 2.24) is 74.4 Å². The van der Waals surface area contributed by atoms with Crippen molar-refractivity contribution >= 4 is 103 Å². The largest absolute Gasteiger partial charge is 0.444 e. The number of benzene rings is 4. The average molecular weight is 1890 g/mol. The molecule has 4 fully saturated rings. The van der Waals surface area contributed by atoms with Crippen LogP contribution in [-0.4, -0.2) is 254 Å². The summed E-state index contributed by atoms with van der Waals surface area (Å²) in [6.45, 7) is 20.2.